The van der Waals surface area contributed by atoms with Crippen LogP contribution in [0.3, 0.4) is 0 Å². The molecule has 0 amide bonds. The molecule has 0 saturated carbocycles. The zero-order valence-electron chi connectivity index (χ0n) is 14.4. The molecule has 1 saturated heterocycles. The van der Waals surface area contributed by atoms with E-state index in [1.807, 2.05) is 0 Å². The normalized spacial score (nSPS) is 18.9. The maximum Gasteiger partial charge on any atom is 0.136 e. The number of methoxy groups -OCH3 is 1. The maximum absolute atomic E-state index is 5.27. The standard InChI is InChI=1S/C17H29N3O/c1-16(2,3)15-18-13(11-21-6)10-14(19-15)20-9-7-8-17(4,5)12-20/h10H,7-9,11-12H2,1-6H3. The lowest BCUT2D eigenvalue weighted by molar-refractivity contribution is 0.181. The van der Waals surface area contributed by atoms with Crippen LogP contribution in [0.1, 0.15) is 59.0 Å². The Balaban J connectivity index is 2.35. The molecule has 4 heteroatoms. The molecule has 0 spiro atoms. The maximum atomic E-state index is 5.27. The van der Waals surface area contributed by atoms with Crippen molar-refractivity contribution in [2.24, 2.45) is 5.41 Å². The molecule has 21 heavy (non-hydrogen) atoms. The van der Waals surface area contributed by atoms with Crippen molar-refractivity contribution < 1.29 is 4.74 Å². The van der Waals surface area contributed by atoms with Crippen LogP contribution in [0.5, 0.6) is 0 Å². The molecule has 0 radical (unpaired) electrons. The zero-order chi connectivity index (χ0) is 15.7. The Morgan fingerprint density at radius 3 is 2.57 bits per heavy atom. The number of anilines is 1. The third kappa shape index (κ3) is 4.16. The lowest BCUT2D eigenvalue weighted by atomic mass is 9.84. The van der Waals surface area contributed by atoms with Gasteiger partial charge in [-0.05, 0) is 18.3 Å². The number of ether oxygens (including phenoxy) is 1. The number of aromatic nitrogens is 2. The van der Waals surface area contributed by atoms with E-state index in [9.17, 15) is 0 Å². The second-order valence-corrected chi connectivity index (χ2v) is 7.91. The van der Waals surface area contributed by atoms with E-state index in [-0.39, 0.29) is 5.41 Å². The van der Waals surface area contributed by atoms with Gasteiger partial charge in [-0.25, -0.2) is 9.97 Å². The Bertz CT molecular complexity index is 491. The van der Waals surface area contributed by atoms with Gasteiger partial charge in [0.05, 0.1) is 12.3 Å². The first-order valence-corrected chi connectivity index (χ1v) is 7.84. The molecule has 4 nitrogen and oxygen atoms in total. The van der Waals surface area contributed by atoms with Crippen LogP contribution in [0.2, 0.25) is 0 Å². The molecule has 2 heterocycles. The Morgan fingerprint density at radius 2 is 2.00 bits per heavy atom. The van der Waals surface area contributed by atoms with Crippen molar-refractivity contribution in [1.29, 1.82) is 0 Å². The minimum absolute atomic E-state index is 0.0518. The minimum atomic E-state index is -0.0518. The summed E-state index contributed by atoms with van der Waals surface area (Å²) in [6.45, 7) is 13.8. The second kappa shape index (κ2) is 5.91. The topological polar surface area (TPSA) is 38.2 Å². The van der Waals surface area contributed by atoms with Gasteiger partial charge in [-0.2, -0.15) is 0 Å². The molecule has 1 aliphatic heterocycles. The molecule has 0 aliphatic carbocycles. The highest BCUT2D eigenvalue weighted by Gasteiger charge is 2.28. The van der Waals surface area contributed by atoms with Gasteiger partial charge >= 0.3 is 0 Å². The van der Waals surface area contributed by atoms with Crippen molar-refractivity contribution >= 4 is 5.82 Å². The molecule has 0 aromatic carbocycles. The van der Waals surface area contributed by atoms with E-state index in [0.29, 0.717) is 12.0 Å². The van der Waals surface area contributed by atoms with Crippen LogP contribution in [0.15, 0.2) is 6.07 Å². The fourth-order valence-corrected chi connectivity index (χ4v) is 2.82. The third-order valence-corrected chi connectivity index (χ3v) is 3.95. The van der Waals surface area contributed by atoms with E-state index < -0.39 is 0 Å². The van der Waals surface area contributed by atoms with E-state index in [2.05, 4.69) is 50.6 Å². The molecular formula is C17H29N3O. The van der Waals surface area contributed by atoms with Crippen LogP contribution in [-0.4, -0.2) is 30.2 Å². The van der Waals surface area contributed by atoms with Crippen molar-refractivity contribution in [3.05, 3.63) is 17.6 Å². The minimum Gasteiger partial charge on any atom is -0.378 e. The summed E-state index contributed by atoms with van der Waals surface area (Å²) in [6, 6.07) is 2.08. The summed E-state index contributed by atoms with van der Waals surface area (Å²) in [5.74, 6) is 1.95. The number of piperidine rings is 1. The molecule has 118 valence electrons. The van der Waals surface area contributed by atoms with E-state index in [1.165, 1.54) is 12.8 Å². The van der Waals surface area contributed by atoms with Gasteiger partial charge in [0.25, 0.3) is 0 Å². The van der Waals surface area contributed by atoms with Gasteiger partial charge in [-0.1, -0.05) is 34.6 Å². The number of hydrogen-bond acceptors (Lipinski definition) is 4. The van der Waals surface area contributed by atoms with Gasteiger partial charge in [0.15, 0.2) is 0 Å². The van der Waals surface area contributed by atoms with Crippen molar-refractivity contribution in [3.63, 3.8) is 0 Å². The first kappa shape index (κ1) is 16.2. The molecule has 1 aromatic rings. The van der Waals surface area contributed by atoms with Gasteiger partial charge in [0, 0.05) is 31.7 Å². The summed E-state index contributed by atoms with van der Waals surface area (Å²) >= 11 is 0. The van der Waals surface area contributed by atoms with Crippen molar-refractivity contribution in [1.82, 2.24) is 9.97 Å². The van der Waals surface area contributed by atoms with Gasteiger partial charge in [-0.3, -0.25) is 0 Å². The third-order valence-electron chi connectivity index (χ3n) is 3.95. The Labute approximate surface area is 128 Å². The smallest absolute Gasteiger partial charge is 0.136 e. The van der Waals surface area contributed by atoms with Crippen LogP contribution >= 0.6 is 0 Å². The van der Waals surface area contributed by atoms with Crippen LogP contribution in [0.25, 0.3) is 0 Å². The van der Waals surface area contributed by atoms with Crippen molar-refractivity contribution in [2.75, 3.05) is 25.1 Å². The monoisotopic (exact) mass is 291 g/mol. The van der Waals surface area contributed by atoms with E-state index in [0.717, 1.165) is 30.4 Å². The fraction of sp³-hybridized carbons (Fsp3) is 0.765. The van der Waals surface area contributed by atoms with Gasteiger partial charge in [0.2, 0.25) is 0 Å². The number of nitrogens with zero attached hydrogens (tertiary/aromatic N) is 3. The highest BCUT2D eigenvalue weighted by Crippen LogP contribution is 2.32. The first-order valence-electron chi connectivity index (χ1n) is 7.84. The van der Waals surface area contributed by atoms with Crippen LogP contribution in [0.4, 0.5) is 5.82 Å². The molecule has 0 bridgehead atoms. The molecule has 1 aromatic heterocycles. The Hall–Kier alpha value is -1.16. The predicted molar refractivity (Wildman–Crippen MR) is 86.7 cm³/mol. The molecule has 1 fully saturated rings. The van der Waals surface area contributed by atoms with Crippen LogP contribution < -0.4 is 4.90 Å². The van der Waals surface area contributed by atoms with E-state index in [1.54, 1.807) is 7.11 Å². The summed E-state index contributed by atoms with van der Waals surface area (Å²) in [7, 11) is 1.71. The first-order chi connectivity index (χ1) is 9.71. The van der Waals surface area contributed by atoms with Crippen LogP contribution in [-0.2, 0) is 16.8 Å². The van der Waals surface area contributed by atoms with Gasteiger partial charge < -0.3 is 9.64 Å². The van der Waals surface area contributed by atoms with Crippen molar-refractivity contribution in [2.45, 2.75) is 59.5 Å². The summed E-state index contributed by atoms with van der Waals surface area (Å²) in [5, 5.41) is 0. The quantitative estimate of drug-likeness (QED) is 0.853. The molecule has 2 rings (SSSR count). The predicted octanol–water partition coefficient (Wildman–Crippen LogP) is 3.55. The highest BCUT2D eigenvalue weighted by molar-refractivity contribution is 5.41. The van der Waals surface area contributed by atoms with Gasteiger partial charge in [-0.15, -0.1) is 0 Å². The summed E-state index contributed by atoms with van der Waals surface area (Å²) in [5.41, 5.74) is 1.27. The Kier molecular flexibility index (Phi) is 4.57. The fourth-order valence-electron chi connectivity index (χ4n) is 2.82. The average molecular weight is 291 g/mol. The summed E-state index contributed by atoms with van der Waals surface area (Å²) in [6.07, 6.45) is 2.51. The molecule has 1 aliphatic rings. The summed E-state index contributed by atoms with van der Waals surface area (Å²) in [4.78, 5) is 11.9. The van der Waals surface area contributed by atoms with E-state index >= 15 is 0 Å². The number of rotatable bonds is 3. The van der Waals surface area contributed by atoms with Crippen molar-refractivity contribution in [3.8, 4) is 0 Å². The highest BCUT2D eigenvalue weighted by atomic mass is 16.5. The zero-order valence-corrected chi connectivity index (χ0v) is 14.4. The average Bonchev–Trinajstić information content (AvgIpc) is 2.36. The second-order valence-electron chi connectivity index (χ2n) is 7.91. The molecular weight excluding hydrogens is 262 g/mol. The molecule has 0 unspecified atom stereocenters. The lowest BCUT2D eigenvalue weighted by Gasteiger charge is -2.39. The largest absolute Gasteiger partial charge is 0.378 e. The molecule has 0 N–H and O–H groups in total. The lowest BCUT2D eigenvalue weighted by Crippen LogP contribution is -2.41. The summed E-state index contributed by atoms with van der Waals surface area (Å²) < 4.78 is 5.27. The van der Waals surface area contributed by atoms with Gasteiger partial charge in [0.1, 0.15) is 11.6 Å². The Morgan fingerprint density at radius 1 is 1.29 bits per heavy atom. The molecule has 0 atom stereocenters. The van der Waals surface area contributed by atoms with Crippen LogP contribution in [0, 0.1) is 5.41 Å². The van der Waals surface area contributed by atoms with E-state index in [4.69, 9.17) is 9.72 Å². The SMILES string of the molecule is COCc1cc(N2CCCC(C)(C)C2)nc(C(C)(C)C)n1. The number of hydrogen-bond donors (Lipinski definition) is 0.